The average molecular weight is 261 g/mol. The number of ether oxygens (including phenoxy) is 1. The third-order valence-electron chi connectivity index (χ3n) is 2.89. The van der Waals surface area contributed by atoms with Crippen LogP contribution in [0, 0.1) is 39.4 Å². The molecule has 1 atom stereocenters. The number of hydrogen-bond donors (Lipinski definition) is 0. The van der Waals surface area contributed by atoms with Gasteiger partial charge in [0.1, 0.15) is 0 Å². The van der Waals surface area contributed by atoms with E-state index in [1.165, 1.54) is 0 Å². The number of nitrogens with zero attached hydrogens (tertiary/aromatic N) is 3. The van der Waals surface area contributed by atoms with Crippen LogP contribution in [0.4, 0.5) is 0 Å². The Bertz CT molecular complexity index is 400. The van der Waals surface area contributed by atoms with Crippen LogP contribution in [0.1, 0.15) is 51.9 Å². The predicted molar refractivity (Wildman–Crippen MR) is 68.2 cm³/mol. The second-order valence-corrected chi connectivity index (χ2v) is 4.35. The summed E-state index contributed by atoms with van der Waals surface area (Å²) in [6.45, 7) is 2.28. The molecule has 0 spiro atoms. The van der Waals surface area contributed by atoms with Gasteiger partial charge in [0, 0.05) is 12.8 Å². The molecule has 0 saturated carbocycles. The molecule has 1 unspecified atom stereocenters. The van der Waals surface area contributed by atoms with E-state index in [-0.39, 0.29) is 25.7 Å². The molecule has 0 aromatic carbocycles. The smallest absolute Gasteiger partial charge is 0.326 e. The minimum Gasteiger partial charge on any atom is -0.465 e. The lowest BCUT2D eigenvalue weighted by molar-refractivity contribution is -0.153. The van der Waals surface area contributed by atoms with E-state index in [9.17, 15) is 10.1 Å². The number of hydrogen-bond acceptors (Lipinski definition) is 5. The molecule has 0 aliphatic rings. The van der Waals surface area contributed by atoms with Crippen LogP contribution in [-0.4, -0.2) is 12.6 Å². The van der Waals surface area contributed by atoms with Crippen LogP contribution in [0.3, 0.4) is 0 Å². The van der Waals surface area contributed by atoms with E-state index < -0.39 is 11.4 Å². The van der Waals surface area contributed by atoms with E-state index in [0.717, 1.165) is 12.8 Å². The molecule has 5 nitrogen and oxygen atoms in total. The highest BCUT2D eigenvalue weighted by molar-refractivity contribution is 5.80. The zero-order chi connectivity index (χ0) is 14.6. The molecule has 0 bridgehead atoms. The number of rotatable bonds is 9. The largest absolute Gasteiger partial charge is 0.465 e. The number of nitriles is 3. The summed E-state index contributed by atoms with van der Waals surface area (Å²) >= 11 is 0. The molecule has 0 aliphatic carbocycles. The molecule has 0 N–H and O–H groups in total. The first kappa shape index (κ1) is 16.9. The van der Waals surface area contributed by atoms with Gasteiger partial charge in [0.05, 0.1) is 24.8 Å². The number of carbonyl (C=O) groups is 1. The third kappa shape index (κ3) is 5.89. The highest BCUT2D eigenvalue weighted by atomic mass is 16.5. The zero-order valence-electron chi connectivity index (χ0n) is 11.3. The van der Waals surface area contributed by atoms with E-state index in [1.54, 1.807) is 0 Å². The van der Waals surface area contributed by atoms with Gasteiger partial charge >= 0.3 is 5.97 Å². The SMILES string of the molecule is CCCCOC(=O)C(C#N)(CCC#N)CCCC#N. The fraction of sp³-hybridized carbons (Fsp3) is 0.714. The van der Waals surface area contributed by atoms with Crippen molar-refractivity contribution in [3.05, 3.63) is 0 Å². The fourth-order valence-electron chi connectivity index (χ4n) is 1.67. The van der Waals surface area contributed by atoms with Crippen molar-refractivity contribution in [1.29, 1.82) is 15.8 Å². The summed E-state index contributed by atoms with van der Waals surface area (Å²) in [4.78, 5) is 12.0. The van der Waals surface area contributed by atoms with Crippen LogP contribution in [0.15, 0.2) is 0 Å². The Balaban J connectivity index is 4.71. The van der Waals surface area contributed by atoms with Crippen LogP contribution in [-0.2, 0) is 9.53 Å². The molecule has 0 aromatic rings. The standard InChI is InChI=1S/C14H19N3O2/c1-2-3-11-19-13(18)14(12-17,8-6-10-16)7-4-5-9-15/h2-8,11H2,1H3. The van der Waals surface area contributed by atoms with Gasteiger partial charge in [-0.1, -0.05) is 13.3 Å². The Morgan fingerprint density at radius 2 is 1.79 bits per heavy atom. The third-order valence-corrected chi connectivity index (χ3v) is 2.89. The first-order chi connectivity index (χ1) is 9.16. The van der Waals surface area contributed by atoms with Crippen molar-refractivity contribution in [3.63, 3.8) is 0 Å². The van der Waals surface area contributed by atoms with Crippen LogP contribution in [0.5, 0.6) is 0 Å². The van der Waals surface area contributed by atoms with Gasteiger partial charge in [0.25, 0.3) is 0 Å². The maximum atomic E-state index is 12.0. The maximum absolute atomic E-state index is 12.0. The van der Waals surface area contributed by atoms with Crippen LogP contribution < -0.4 is 0 Å². The predicted octanol–water partition coefficient (Wildman–Crippen LogP) is 2.84. The van der Waals surface area contributed by atoms with Gasteiger partial charge in [0.2, 0.25) is 0 Å². The van der Waals surface area contributed by atoms with Gasteiger partial charge in [-0.25, -0.2) is 0 Å². The Morgan fingerprint density at radius 3 is 2.32 bits per heavy atom. The van der Waals surface area contributed by atoms with Crippen molar-refractivity contribution < 1.29 is 9.53 Å². The second kappa shape index (κ2) is 9.92. The molecule has 5 heteroatoms. The van der Waals surface area contributed by atoms with Gasteiger partial charge in [-0.2, -0.15) is 15.8 Å². The molecule has 102 valence electrons. The van der Waals surface area contributed by atoms with Gasteiger partial charge in [0.15, 0.2) is 5.41 Å². The lowest BCUT2D eigenvalue weighted by atomic mass is 9.80. The Kier molecular flexibility index (Phi) is 8.84. The maximum Gasteiger partial charge on any atom is 0.326 e. The quantitative estimate of drug-likeness (QED) is 0.469. The number of carbonyl (C=O) groups excluding carboxylic acids is 1. The van der Waals surface area contributed by atoms with E-state index >= 15 is 0 Å². The summed E-state index contributed by atoms with van der Waals surface area (Å²) in [5.74, 6) is -0.559. The van der Waals surface area contributed by atoms with Crippen molar-refractivity contribution >= 4 is 5.97 Å². The van der Waals surface area contributed by atoms with Crippen molar-refractivity contribution in [2.45, 2.75) is 51.9 Å². The molecule has 0 aromatic heterocycles. The molecular weight excluding hydrogens is 242 g/mol. The normalized spacial score (nSPS) is 12.5. The minimum absolute atomic E-state index is 0.128. The number of unbranched alkanes of at least 4 members (excludes halogenated alkanes) is 2. The molecule has 0 radical (unpaired) electrons. The highest BCUT2D eigenvalue weighted by Gasteiger charge is 2.39. The van der Waals surface area contributed by atoms with Crippen molar-refractivity contribution in [1.82, 2.24) is 0 Å². The fourth-order valence-corrected chi connectivity index (χ4v) is 1.67. The summed E-state index contributed by atoms with van der Waals surface area (Å²) in [5, 5.41) is 26.4. The molecule has 0 amide bonds. The van der Waals surface area contributed by atoms with E-state index in [4.69, 9.17) is 15.3 Å². The first-order valence-corrected chi connectivity index (χ1v) is 6.49. The van der Waals surface area contributed by atoms with E-state index in [1.807, 2.05) is 25.1 Å². The summed E-state index contributed by atoms with van der Waals surface area (Å²) < 4.78 is 5.11. The molecule has 0 fully saturated rings. The summed E-state index contributed by atoms with van der Waals surface area (Å²) in [5.41, 5.74) is -1.28. The summed E-state index contributed by atoms with van der Waals surface area (Å²) in [7, 11) is 0. The van der Waals surface area contributed by atoms with Crippen molar-refractivity contribution in [2.75, 3.05) is 6.61 Å². The highest BCUT2D eigenvalue weighted by Crippen LogP contribution is 2.31. The van der Waals surface area contributed by atoms with Crippen LogP contribution in [0.2, 0.25) is 0 Å². The first-order valence-electron chi connectivity index (χ1n) is 6.49. The molecular formula is C14H19N3O2. The molecule has 0 rings (SSSR count). The lowest BCUT2D eigenvalue weighted by Crippen LogP contribution is -2.32. The molecule has 0 aliphatic heterocycles. The second-order valence-electron chi connectivity index (χ2n) is 4.35. The van der Waals surface area contributed by atoms with Crippen LogP contribution in [0.25, 0.3) is 0 Å². The van der Waals surface area contributed by atoms with Crippen LogP contribution >= 0.6 is 0 Å². The van der Waals surface area contributed by atoms with Gasteiger partial charge in [-0.05, 0) is 25.7 Å². The molecule has 19 heavy (non-hydrogen) atoms. The lowest BCUT2D eigenvalue weighted by Gasteiger charge is -2.23. The van der Waals surface area contributed by atoms with Gasteiger partial charge in [-0.15, -0.1) is 0 Å². The average Bonchev–Trinajstić information content (AvgIpc) is 2.43. The summed E-state index contributed by atoms with van der Waals surface area (Å²) in [6.07, 6.45) is 2.96. The topological polar surface area (TPSA) is 97.7 Å². The zero-order valence-corrected chi connectivity index (χ0v) is 11.3. The summed E-state index contributed by atoms with van der Waals surface area (Å²) in [6, 6.07) is 5.93. The van der Waals surface area contributed by atoms with Crippen molar-refractivity contribution in [3.8, 4) is 18.2 Å². The van der Waals surface area contributed by atoms with Crippen molar-refractivity contribution in [2.24, 2.45) is 5.41 Å². The Labute approximate surface area is 114 Å². The molecule has 0 saturated heterocycles. The Morgan fingerprint density at radius 1 is 1.11 bits per heavy atom. The van der Waals surface area contributed by atoms with E-state index in [2.05, 4.69) is 0 Å². The number of esters is 1. The molecule has 0 heterocycles. The minimum atomic E-state index is -1.28. The van der Waals surface area contributed by atoms with Gasteiger partial charge in [-0.3, -0.25) is 4.79 Å². The monoisotopic (exact) mass is 261 g/mol. The van der Waals surface area contributed by atoms with Gasteiger partial charge < -0.3 is 4.74 Å². The Hall–Kier alpha value is -2.06. The van der Waals surface area contributed by atoms with E-state index in [0.29, 0.717) is 13.0 Å².